The van der Waals surface area contributed by atoms with Gasteiger partial charge in [-0.25, -0.2) is 4.39 Å². The molecule has 78 valence electrons. The number of benzene rings is 1. The molecule has 5 heteroatoms. The van der Waals surface area contributed by atoms with E-state index >= 15 is 0 Å². The van der Waals surface area contributed by atoms with Crippen LogP contribution in [0.5, 0.6) is 0 Å². The summed E-state index contributed by atoms with van der Waals surface area (Å²) in [7, 11) is 0. The lowest BCUT2D eigenvalue weighted by Crippen LogP contribution is -2.05. The van der Waals surface area contributed by atoms with Gasteiger partial charge < -0.3 is 4.74 Å². The maximum Gasteiger partial charge on any atom is 0.321 e. The Morgan fingerprint density at radius 1 is 1.33 bits per heavy atom. The van der Waals surface area contributed by atoms with Crippen molar-refractivity contribution in [1.82, 2.24) is 0 Å². The van der Waals surface area contributed by atoms with Crippen LogP contribution in [0.2, 0.25) is 0 Å². The Kier molecular flexibility index (Phi) is 2.56. The highest BCUT2D eigenvalue weighted by molar-refractivity contribution is 9.10. The van der Waals surface area contributed by atoms with Crippen molar-refractivity contribution in [3.8, 4) is 0 Å². The Bertz CT molecular complexity index is 424. The molecule has 1 saturated heterocycles. The SMILES string of the molecule is O=C1CC(c2cc(F)cc(Br)c2)C(=O)O1. The molecule has 0 aliphatic carbocycles. The smallest absolute Gasteiger partial charge is 0.321 e. The summed E-state index contributed by atoms with van der Waals surface area (Å²) in [5.74, 6) is -2.31. The van der Waals surface area contributed by atoms with Crippen molar-refractivity contribution >= 4 is 27.9 Å². The number of esters is 2. The van der Waals surface area contributed by atoms with Crippen molar-refractivity contribution in [2.45, 2.75) is 12.3 Å². The zero-order valence-corrected chi connectivity index (χ0v) is 9.08. The summed E-state index contributed by atoms with van der Waals surface area (Å²) in [4.78, 5) is 22.1. The number of carbonyl (C=O) groups is 2. The molecule has 1 aromatic rings. The monoisotopic (exact) mass is 272 g/mol. The lowest BCUT2D eigenvalue weighted by atomic mass is 9.98. The summed E-state index contributed by atoms with van der Waals surface area (Å²) < 4.78 is 18.0. The van der Waals surface area contributed by atoms with Gasteiger partial charge in [0.2, 0.25) is 0 Å². The lowest BCUT2D eigenvalue weighted by Gasteiger charge is -2.05. The molecule has 0 amide bonds. The van der Waals surface area contributed by atoms with E-state index in [1.54, 1.807) is 6.07 Å². The van der Waals surface area contributed by atoms with Crippen molar-refractivity contribution in [3.05, 3.63) is 34.1 Å². The molecule has 15 heavy (non-hydrogen) atoms. The zero-order valence-electron chi connectivity index (χ0n) is 7.50. The number of ether oxygens (including phenoxy) is 1. The summed E-state index contributed by atoms with van der Waals surface area (Å²) in [6.07, 6.45) is -0.0191. The molecule has 2 rings (SSSR count). The molecule has 0 spiro atoms. The Balaban J connectivity index is 2.37. The van der Waals surface area contributed by atoms with E-state index < -0.39 is 23.7 Å². The first-order valence-electron chi connectivity index (χ1n) is 4.27. The van der Waals surface area contributed by atoms with Gasteiger partial charge in [-0.05, 0) is 23.8 Å². The van der Waals surface area contributed by atoms with E-state index in [2.05, 4.69) is 20.7 Å². The molecular weight excluding hydrogens is 267 g/mol. The molecule has 0 saturated carbocycles. The van der Waals surface area contributed by atoms with Crippen molar-refractivity contribution in [3.63, 3.8) is 0 Å². The highest BCUT2D eigenvalue weighted by atomic mass is 79.9. The largest absolute Gasteiger partial charge is 0.393 e. The number of hydrogen-bond acceptors (Lipinski definition) is 3. The average Bonchev–Trinajstić information content (AvgIpc) is 2.43. The van der Waals surface area contributed by atoms with Gasteiger partial charge in [-0.1, -0.05) is 15.9 Å². The van der Waals surface area contributed by atoms with Crippen molar-refractivity contribution in [1.29, 1.82) is 0 Å². The molecule has 0 aromatic heterocycles. The van der Waals surface area contributed by atoms with Gasteiger partial charge in [-0.3, -0.25) is 9.59 Å². The summed E-state index contributed by atoms with van der Waals surface area (Å²) in [5.41, 5.74) is 0.456. The predicted molar refractivity (Wildman–Crippen MR) is 52.6 cm³/mol. The van der Waals surface area contributed by atoms with E-state index in [-0.39, 0.29) is 6.42 Å². The third-order valence-electron chi connectivity index (χ3n) is 2.16. The first-order valence-corrected chi connectivity index (χ1v) is 5.06. The van der Waals surface area contributed by atoms with E-state index in [1.165, 1.54) is 12.1 Å². The van der Waals surface area contributed by atoms with Crippen LogP contribution in [0, 0.1) is 5.82 Å². The van der Waals surface area contributed by atoms with Gasteiger partial charge in [0.15, 0.2) is 0 Å². The van der Waals surface area contributed by atoms with Gasteiger partial charge in [-0.15, -0.1) is 0 Å². The number of hydrogen-bond donors (Lipinski definition) is 0. The van der Waals surface area contributed by atoms with Gasteiger partial charge in [0.05, 0.1) is 12.3 Å². The average molecular weight is 273 g/mol. The molecule has 3 nitrogen and oxygen atoms in total. The molecule has 1 unspecified atom stereocenters. The van der Waals surface area contributed by atoms with E-state index in [1.807, 2.05) is 0 Å². The molecule has 1 fully saturated rings. The second-order valence-electron chi connectivity index (χ2n) is 3.25. The first kappa shape index (κ1) is 10.3. The van der Waals surface area contributed by atoms with Crippen LogP contribution in [0.15, 0.2) is 22.7 Å². The van der Waals surface area contributed by atoms with E-state index in [9.17, 15) is 14.0 Å². The van der Waals surface area contributed by atoms with Crippen LogP contribution >= 0.6 is 15.9 Å². The van der Waals surface area contributed by atoms with E-state index in [0.717, 1.165) is 0 Å². The molecule has 0 N–H and O–H groups in total. The van der Waals surface area contributed by atoms with Crippen LogP contribution in [-0.2, 0) is 14.3 Å². The van der Waals surface area contributed by atoms with Gasteiger partial charge in [0, 0.05) is 4.47 Å². The topological polar surface area (TPSA) is 43.4 Å². The van der Waals surface area contributed by atoms with Crippen LogP contribution in [0.1, 0.15) is 17.9 Å². The third kappa shape index (κ3) is 2.07. The standard InChI is InChI=1S/C10H6BrFO3/c11-6-1-5(2-7(12)3-6)8-4-9(13)15-10(8)14/h1-3,8H,4H2. The molecule has 1 atom stereocenters. The Labute approximate surface area is 93.4 Å². The van der Waals surface area contributed by atoms with Crippen molar-refractivity contribution in [2.75, 3.05) is 0 Å². The first-order chi connectivity index (χ1) is 7.06. The van der Waals surface area contributed by atoms with Gasteiger partial charge >= 0.3 is 11.9 Å². The van der Waals surface area contributed by atoms with Crippen LogP contribution in [-0.4, -0.2) is 11.9 Å². The third-order valence-corrected chi connectivity index (χ3v) is 2.61. The van der Waals surface area contributed by atoms with E-state index in [0.29, 0.717) is 10.0 Å². The lowest BCUT2D eigenvalue weighted by molar-refractivity contribution is -0.152. The molecule has 0 bridgehead atoms. The minimum Gasteiger partial charge on any atom is -0.393 e. The normalized spacial score (nSPS) is 20.5. The van der Waals surface area contributed by atoms with Gasteiger partial charge in [0.25, 0.3) is 0 Å². The Morgan fingerprint density at radius 2 is 2.07 bits per heavy atom. The summed E-state index contributed by atoms with van der Waals surface area (Å²) >= 11 is 3.12. The summed E-state index contributed by atoms with van der Waals surface area (Å²) in [6, 6.07) is 4.12. The maximum absolute atomic E-state index is 13.0. The molecule has 1 heterocycles. The minimum absolute atomic E-state index is 0.0191. The minimum atomic E-state index is -0.676. The molecule has 1 aliphatic rings. The molecular formula is C10H6BrFO3. The maximum atomic E-state index is 13.0. The van der Waals surface area contributed by atoms with Crippen LogP contribution in [0.4, 0.5) is 4.39 Å². The predicted octanol–water partition coefficient (Wildman–Crippen LogP) is 2.15. The Hall–Kier alpha value is -1.23. The second kappa shape index (κ2) is 3.73. The fourth-order valence-electron chi connectivity index (χ4n) is 1.51. The fourth-order valence-corrected chi connectivity index (χ4v) is 1.99. The number of rotatable bonds is 1. The zero-order chi connectivity index (χ0) is 11.0. The highest BCUT2D eigenvalue weighted by Gasteiger charge is 2.34. The van der Waals surface area contributed by atoms with Crippen molar-refractivity contribution < 1.29 is 18.7 Å². The number of carbonyl (C=O) groups excluding carboxylic acids is 2. The molecule has 1 aliphatic heterocycles. The van der Waals surface area contributed by atoms with E-state index in [4.69, 9.17) is 0 Å². The summed E-state index contributed by atoms with van der Waals surface area (Å²) in [5, 5.41) is 0. The molecule has 1 aromatic carbocycles. The highest BCUT2D eigenvalue weighted by Crippen LogP contribution is 2.29. The van der Waals surface area contributed by atoms with Gasteiger partial charge in [0.1, 0.15) is 5.82 Å². The Morgan fingerprint density at radius 3 is 2.60 bits per heavy atom. The van der Waals surface area contributed by atoms with Crippen LogP contribution in [0.25, 0.3) is 0 Å². The van der Waals surface area contributed by atoms with Gasteiger partial charge in [-0.2, -0.15) is 0 Å². The number of halogens is 2. The van der Waals surface area contributed by atoms with Crippen LogP contribution in [0.3, 0.4) is 0 Å². The second-order valence-corrected chi connectivity index (χ2v) is 4.17. The van der Waals surface area contributed by atoms with Crippen LogP contribution < -0.4 is 0 Å². The fraction of sp³-hybridized carbons (Fsp3) is 0.200. The number of cyclic esters (lactones) is 2. The molecule has 0 radical (unpaired) electrons. The summed E-state index contributed by atoms with van der Waals surface area (Å²) in [6.45, 7) is 0. The quantitative estimate of drug-likeness (QED) is 0.581. The van der Waals surface area contributed by atoms with Crippen molar-refractivity contribution in [2.24, 2.45) is 0 Å².